The summed E-state index contributed by atoms with van der Waals surface area (Å²) in [7, 11) is 0. The summed E-state index contributed by atoms with van der Waals surface area (Å²) in [6.07, 6.45) is 3.37. The Kier molecular flexibility index (Phi) is 3.64. The fourth-order valence-electron chi connectivity index (χ4n) is 0.764. The molecule has 0 atom stereocenters. The normalized spacial score (nSPS) is 10.5. The van der Waals surface area contributed by atoms with Crippen molar-refractivity contribution in [1.29, 1.82) is 0 Å². The maximum atomic E-state index is 5.40. The van der Waals surface area contributed by atoms with Gasteiger partial charge in [-0.05, 0) is 5.92 Å². The zero-order valence-corrected chi connectivity index (χ0v) is 8.03. The van der Waals surface area contributed by atoms with E-state index in [-0.39, 0.29) is 0 Å². The lowest BCUT2D eigenvalue weighted by Crippen LogP contribution is -2.07. The van der Waals surface area contributed by atoms with Crippen molar-refractivity contribution in [3.63, 3.8) is 0 Å². The first-order chi connectivity index (χ1) is 6.22. The van der Waals surface area contributed by atoms with E-state index >= 15 is 0 Å². The third-order valence-corrected chi connectivity index (χ3v) is 1.46. The molecule has 0 radical (unpaired) electrons. The van der Waals surface area contributed by atoms with Crippen molar-refractivity contribution in [3.8, 4) is 6.01 Å². The second-order valence-electron chi connectivity index (χ2n) is 3.28. The van der Waals surface area contributed by atoms with E-state index in [4.69, 9.17) is 10.5 Å². The number of ether oxygens (including phenoxy) is 1. The van der Waals surface area contributed by atoms with Crippen LogP contribution in [-0.2, 0) is 6.54 Å². The van der Waals surface area contributed by atoms with Gasteiger partial charge in [0.25, 0.3) is 0 Å². The van der Waals surface area contributed by atoms with Crippen molar-refractivity contribution in [3.05, 3.63) is 18.0 Å². The predicted octanol–water partition coefficient (Wildman–Crippen LogP) is 0.970. The predicted molar refractivity (Wildman–Crippen MR) is 50.3 cm³/mol. The SMILES string of the molecule is CC(C)COc1ncc(CN)cn1. The van der Waals surface area contributed by atoms with Crippen LogP contribution in [0.15, 0.2) is 12.4 Å². The molecule has 0 bridgehead atoms. The van der Waals surface area contributed by atoms with Gasteiger partial charge in [0.15, 0.2) is 0 Å². The molecule has 0 spiro atoms. The van der Waals surface area contributed by atoms with Crippen molar-refractivity contribution < 1.29 is 4.74 Å². The molecule has 13 heavy (non-hydrogen) atoms. The summed E-state index contributed by atoms with van der Waals surface area (Å²) < 4.78 is 5.30. The van der Waals surface area contributed by atoms with Crippen LogP contribution in [0.3, 0.4) is 0 Å². The molecule has 2 N–H and O–H groups in total. The van der Waals surface area contributed by atoms with E-state index in [1.165, 1.54) is 0 Å². The Morgan fingerprint density at radius 3 is 2.46 bits per heavy atom. The van der Waals surface area contributed by atoms with E-state index in [1.807, 2.05) is 0 Å². The molecule has 0 saturated carbocycles. The summed E-state index contributed by atoms with van der Waals surface area (Å²) in [5, 5.41) is 0. The molecule has 4 nitrogen and oxygen atoms in total. The minimum Gasteiger partial charge on any atom is -0.463 e. The van der Waals surface area contributed by atoms with E-state index in [0.29, 0.717) is 25.1 Å². The molecule has 1 rings (SSSR count). The Morgan fingerprint density at radius 1 is 1.38 bits per heavy atom. The van der Waals surface area contributed by atoms with Crippen molar-refractivity contribution in [2.24, 2.45) is 11.7 Å². The second-order valence-corrected chi connectivity index (χ2v) is 3.28. The van der Waals surface area contributed by atoms with Gasteiger partial charge in [-0.15, -0.1) is 0 Å². The van der Waals surface area contributed by atoms with Crippen molar-refractivity contribution in [1.82, 2.24) is 9.97 Å². The molecule has 4 heteroatoms. The van der Waals surface area contributed by atoms with Gasteiger partial charge in [-0.3, -0.25) is 0 Å². The minimum absolute atomic E-state index is 0.422. The topological polar surface area (TPSA) is 61.0 Å². The first kappa shape index (κ1) is 9.92. The highest BCUT2D eigenvalue weighted by molar-refractivity contribution is 5.06. The minimum atomic E-state index is 0.422. The van der Waals surface area contributed by atoms with Crippen LogP contribution in [0.4, 0.5) is 0 Å². The van der Waals surface area contributed by atoms with Crippen LogP contribution >= 0.6 is 0 Å². The molecule has 1 heterocycles. The molecule has 0 fully saturated rings. The zero-order chi connectivity index (χ0) is 9.68. The molecule has 0 aliphatic heterocycles. The van der Waals surface area contributed by atoms with Crippen LogP contribution in [0.5, 0.6) is 6.01 Å². The van der Waals surface area contributed by atoms with Crippen LogP contribution in [0.2, 0.25) is 0 Å². The number of aromatic nitrogens is 2. The molecule has 0 aliphatic rings. The van der Waals surface area contributed by atoms with E-state index in [9.17, 15) is 0 Å². The highest BCUT2D eigenvalue weighted by Gasteiger charge is 1.99. The Bertz CT molecular complexity index is 246. The monoisotopic (exact) mass is 181 g/mol. The first-order valence-electron chi connectivity index (χ1n) is 4.36. The molecule has 0 aliphatic carbocycles. The Balaban J connectivity index is 2.49. The number of rotatable bonds is 4. The molecule has 1 aromatic rings. The average Bonchev–Trinajstić information content (AvgIpc) is 2.15. The summed E-state index contributed by atoms with van der Waals surface area (Å²) >= 11 is 0. The number of hydrogen-bond donors (Lipinski definition) is 1. The van der Waals surface area contributed by atoms with Crippen molar-refractivity contribution in [2.45, 2.75) is 20.4 Å². The highest BCUT2D eigenvalue weighted by Crippen LogP contribution is 2.03. The lowest BCUT2D eigenvalue weighted by atomic mass is 10.2. The van der Waals surface area contributed by atoms with Crippen molar-refractivity contribution >= 4 is 0 Å². The van der Waals surface area contributed by atoms with Gasteiger partial charge < -0.3 is 10.5 Å². The van der Waals surface area contributed by atoms with E-state index < -0.39 is 0 Å². The van der Waals surface area contributed by atoms with Gasteiger partial charge in [0, 0.05) is 24.5 Å². The van der Waals surface area contributed by atoms with Crippen LogP contribution in [-0.4, -0.2) is 16.6 Å². The summed E-state index contributed by atoms with van der Waals surface area (Å²) in [5.74, 6) is 0.484. The third-order valence-electron chi connectivity index (χ3n) is 1.46. The Morgan fingerprint density at radius 2 is 2.00 bits per heavy atom. The fourth-order valence-corrected chi connectivity index (χ4v) is 0.764. The van der Waals surface area contributed by atoms with Gasteiger partial charge in [-0.1, -0.05) is 13.8 Å². The van der Waals surface area contributed by atoms with Crippen LogP contribution in [0.1, 0.15) is 19.4 Å². The van der Waals surface area contributed by atoms with Gasteiger partial charge in [0.1, 0.15) is 0 Å². The number of nitrogens with zero attached hydrogens (tertiary/aromatic N) is 2. The maximum Gasteiger partial charge on any atom is 0.316 e. The molecule has 0 amide bonds. The summed E-state index contributed by atoms with van der Waals surface area (Å²) in [4.78, 5) is 8.02. The Hall–Kier alpha value is -1.16. The smallest absolute Gasteiger partial charge is 0.316 e. The summed E-state index contributed by atoms with van der Waals surface area (Å²) in [5.41, 5.74) is 6.32. The van der Waals surface area contributed by atoms with Gasteiger partial charge in [0.05, 0.1) is 6.61 Å². The van der Waals surface area contributed by atoms with E-state index in [2.05, 4.69) is 23.8 Å². The zero-order valence-electron chi connectivity index (χ0n) is 8.03. The van der Waals surface area contributed by atoms with Crippen LogP contribution in [0.25, 0.3) is 0 Å². The first-order valence-corrected chi connectivity index (χ1v) is 4.36. The second kappa shape index (κ2) is 4.77. The van der Waals surface area contributed by atoms with E-state index in [1.54, 1.807) is 12.4 Å². The summed E-state index contributed by atoms with van der Waals surface area (Å²) in [6.45, 7) is 5.26. The Labute approximate surface area is 78.1 Å². The third kappa shape index (κ3) is 3.38. The van der Waals surface area contributed by atoms with Gasteiger partial charge in [0.2, 0.25) is 0 Å². The van der Waals surface area contributed by atoms with Crippen molar-refractivity contribution in [2.75, 3.05) is 6.61 Å². The maximum absolute atomic E-state index is 5.40. The molecule has 0 aromatic carbocycles. The standard InChI is InChI=1S/C9H15N3O/c1-7(2)6-13-9-11-4-8(3-10)5-12-9/h4-5,7H,3,6,10H2,1-2H3. The quantitative estimate of drug-likeness (QED) is 0.751. The average molecular weight is 181 g/mol. The van der Waals surface area contributed by atoms with Crippen LogP contribution in [0, 0.1) is 5.92 Å². The summed E-state index contributed by atoms with van der Waals surface area (Å²) in [6, 6.07) is 0.422. The lowest BCUT2D eigenvalue weighted by Gasteiger charge is -2.06. The molecular weight excluding hydrogens is 166 g/mol. The number of hydrogen-bond acceptors (Lipinski definition) is 4. The molecular formula is C9H15N3O. The largest absolute Gasteiger partial charge is 0.463 e. The molecule has 72 valence electrons. The highest BCUT2D eigenvalue weighted by atomic mass is 16.5. The van der Waals surface area contributed by atoms with Crippen LogP contribution < -0.4 is 10.5 Å². The molecule has 1 aromatic heterocycles. The molecule has 0 saturated heterocycles. The lowest BCUT2D eigenvalue weighted by molar-refractivity contribution is 0.250. The van der Waals surface area contributed by atoms with E-state index in [0.717, 1.165) is 5.56 Å². The number of nitrogens with two attached hydrogens (primary N) is 1. The van der Waals surface area contributed by atoms with Gasteiger partial charge in [-0.2, -0.15) is 0 Å². The molecule has 0 unspecified atom stereocenters. The van der Waals surface area contributed by atoms with Gasteiger partial charge >= 0.3 is 6.01 Å². The fraction of sp³-hybridized carbons (Fsp3) is 0.556. The van der Waals surface area contributed by atoms with Gasteiger partial charge in [-0.25, -0.2) is 9.97 Å².